The first-order valence-corrected chi connectivity index (χ1v) is 10.9. The number of aryl methyl sites for hydroxylation is 1. The molecule has 0 aliphatic carbocycles. The van der Waals surface area contributed by atoms with Gasteiger partial charge in [-0.15, -0.1) is 0 Å². The highest BCUT2D eigenvalue weighted by Gasteiger charge is 2.50. The Labute approximate surface area is 182 Å². The molecule has 0 unspecified atom stereocenters. The summed E-state index contributed by atoms with van der Waals surface area (Å²) < 4.78 is 2.18. The highest BCUT2D eigenvalue weighted by molar-refractivity contribution is 5.95. The molecule has 0 bridgehead atoms. The van der Waals surface area contributed by atoms with Gasteiger partial charge in [-0.1, -0.05) is 19.9 Å². The average molecular weight is 417 g/mol. The van der Waals surface area contributed by atoms with Crippen LogP contribution >= 0.6 is 0 Å². The van der Waals surface area contributed by atoms with E-state index in [9.17, 15) is 9.90 Å². The van der Waals surface area contributed by atoms with Gasteiger partial charge in [0.25, 0.3) is 5.91 Å². The molecule has 160 valence electrons. The minimum Gasteiger partial charge on any atom is -0.508 e. The number of carbonyl (C=O) groups excluding carboxylic acids is 1. The van der Waals surface area contributed by atoms with Crippen molar-refractivity contribution in [1.82, 2.24) is 14.5 Å². The molecule has 1 N–H and O–H groups in total. The van der Waals surface area contributed by atoms with Gasteiger partial charge < -0.3 is 19.5 Å². The standard InChI is InChI=1S/C25H28N4O2/c1-17(2)15-29-20-6-4-11-26-23(20)28-12-5-7-22(28)25(29)10-13-27(16-25)24(31)19-9-8-18(3)21(30)14-19/h4-9,11-12,14,17,30H,10,13,15-16H2,1-3H3/t25-/m1/s1. The molecule has 2 aliphatic heterocycles. The van der Waals surface area contributed by atoms with Gasteiger partial charge in [0.1, 0.15) is 11.3 Å². The maximum atomic E-state index is 13.3. The van der Waals surface area contributed by atoms with Gasteiger partial charge in [0.15, 0.2) is 5.82 Å². The Balaban J connectivity index is 1.56. The number of aromatic hydroxyl groups is 1. The smallest absolute Gasteiger partial charge is 0.254 e. The van der Waals surface area contributed by atoms with Crippen LogP contribution < -0.4 is 4.90 Å². The van der Waals surface area contributed by atoms with E-state index in [1.165, 1.54) is 5.69 Å². The fraction of sp³-hybridized carbons (Fsp3) is 0.360. The molecule has 5 rings (SSSR count). The number of carbonyl (C=O) groups is 1. The molecule has 2 aliphatic rings. The first-order valence-electron chi connectivity index (χ1n) is 10.9. The van der Waals surface area contributed by atoms with E-state index in [1.807, 2.05) is 24.1 Å². The Morgan fingerprint density at radius 3 is 2.84 bits per heavy atom. The Kier molecular flexibility index (Phi) is 4.54. The van der Waals surface area contributed by atoms with Crippen LogP contribution in [-0.2, 0) is 5.54 Å². The van der Waals surface area contributed by atoms with Crippen LogP contribution in [0.2, 0.25) is 0 Å². The van der Waals surface area contributed by atoms with E-state index in [4.69, 9.17) is 0 Å². The minimum absolute atomic E-state index is 0.0354. The lowest BCUT2D eigenvalue weighted by Gasteiger charge is -2.47. The summed E-state index contributed by atoms with van der Waals surface area (Å²) in [5.41, 5.74) is 3.30. The van der Waals surface area contributed by atoms with Gasteiger partial charge in [-0.3, -0.25) is 4.79 Å². The lowest BCUT2D eigenvalue weighted by molar-refractivity contribution is 0.0781. The van der Waals surface area contributed by atoms with Crippen molar-refractivity contribution < 1.29 is 9.90 Å². The van der Waals surface area contributed by atoms with Crippen molar-refractivity contribution in [3.63, 3.8) is 0 Å². The van der Waals surface area contributed by atoms with Crippen molar-refractivity contribution in [3.8, 4) is 11.6 Å². The molecule has 0 radical (unpaired) electrons. The molecule has 31 heavy (non-hydrogen) atoms. The predicted octanol–water partition coefficient (Wildman–Crippen LogP) is 4.10. The van der Waals surface area contributed by atoms with Crippen molar-refractivity contribution in [2.45, 2.75) is 32.7 Å². The normalized spacial score (nSPS) is 19.7. The topological polar surface area (TPSA) is 61.6 Å². The molecule has 6 nitrogen and oxygen atoms in total. The molecule has 1 aromatic carbocycles. The predicted molar refractivity (Wildman–Crippen MR) is 121 cm³/mol. The van der Waals surface area contributed by atoms with Crippen LogP contribution in [0.4, 0.5) is 5.69 Å². The molecule has 3 aromatic rings. The summed E-state index contributed by atoms with van der Waals surface area (Å²) in [5.74, 6) is 1.53. The largest absolute Gasteiger partial charge is 0.508 e. The van der Waals surface area contributed by atoms with Crippen molar-refractivity contribution in [2.24, 2.45) is 5.92 Å². The third kappa shape index (κ3) is 3.00. The van der Waals surface area contributed by atoms with Crippen LogP contribution in [0.3, 0.4) is 0 Å². The second kappa shape index (κ2) is 7.15. The third-order valence-corrected chi connectivity index (χ3v) is 6.57. The zero-order valence-corrected chi connectivity index (χ0v) is 18.2. The molecular weight excluding hydrogens is 388 g/mol. The average Bonchev–Trinajstić information content (AvgIpc) is 3.41. The van der Waals surface area contributed by atoms with Gasteiger partial charge in [-0.05, 0) is 61.2 Å². The summed E-state index contributed by atoms with van der Waals surface area (Å²) in [5, 5.41) is 10.1. The molecule has 4 heterocycles. The van der Waals surface area contributed by atoms with E-state index in [0.717, 1.165) is 30.0 Å². The van der Waals surface area contributed by atoms with Gasteiger partial charge in [0, 0.05) is 37.6 Å². The summed E-state index contributed by atoms with van der Waals surface area (Å²) in [6.07, 6.45) is 4.75. The van der Waals surface area contributed by atoms with Crippen molar-refractivity contribution in [3.05, 3.63) is 71.7 Å². The Morgan fingerprint density at radius 1 is 1.23 bits per heavy atom. The number of rotatable bonds is 3. The first-order chi connectivity index (χ1) is 14.9. The molecule has 1 spiro atoms. The number of anilines is 1. The highest BCUT2D eigenvalue weighted by atomic mass is 16.3. The van der Waals surface area contributed by atoms with Gasteiger partial charge in [-0.2, -0.15) is 0 Å². The van der Waals surface area contributed by atoms with Gasteiger partial charge >= 0.3 is 0 Å². The number of likely N-dealkylation sites (tertiary alicyclic amines) is 1. The monoisotopic (exact) mass is 416 g/mol. The fourth-order valence-electron chi connectivity index (χ4n) is 5.06. The summed E-state index contributed by atoms with van der Waals surface area (Å²) >= 11 is 0. The number of pyridine rings is 1. The van der Waals surface area contributed by atoms with Crippen molar-refractivity contribution in [2.75, 3.05) is 24.5 Å². The number of hydrogen-bond donors (Lipinski definition) is 1. The number of aromatic nitrogens is 2. The van der Waals surface area contributed by atoms with Crippen LogP contribution in [-0.4, -0.2) is 45.1 Å². The van der Waals surface area contributed by atoms with E-state index in [2.05, 4.69) is 52.7 Å². The second-order valence-corrected chi connectivity index (χ2v) is 9.12. The zero-order valence-electron chi connectivity index (χ0n) is 18.2. The molecule has 6 heteroatoms. The van der Waals surface area contributed by atoms with Crippen LogP contribution in [0, 0.1) is 12.8 Å². The van der Waals surface area contributed by atoms with Crippen molar-refractivity contribution in [1.29, 1.82) is 0 Å². The quantitative estimate of drug-likeness (QED) is 0.698. The van der Waals surface area contributed by atoms with Gasteiger partial charge in [0.2, 0.25) is 0 Å². The lowest BCUT2D eigenvalue weighted by Crippen LogP contribution is -2.54. The van der Waals surface area contributed by atoms with Gasteiger partial charge in [-0.25, -0.2) is 4.98 Å². The fourth-order valence-corrected chi connectivity index (χ4v) is 5.06. The van der Waals surface area contributed by atoms with Crippen LogP contribution in [0.5, 0.6) is 5.75 Å². The Bertz CT molecular complexity index is 1150. The van der Waals surface area contributed by atoms with E-state index in [1.54, 1.807) is 18.2 Å². The first kappa shape index (κ1) is 19.7. The second-order valence-electron chi connectivity index (χ2n) is 9.12. The Morgan fingerprint density at radius 2 is 2.06 bits per heavy atom. The number of nitrogens with zero attached hydrogens (tertiary/aromatic N) is 4. The number of phenols is 1. The molecule has 1 atom stereocenters. The summed E-state index contributed by atoms with van der Waals surface area (Å²) in [6, 6.07) is 13.5. The highest BCUT2D eigenvalue weighted by Crippen LogP contribution is 2.47. The summed E-state index contributed by atoms with van der Waals surface area (Å²) in [6.45, 7) is 8.44. The van der Waals surface area contributed by atoms with Crippen molar-refractivity contribution >= 4 is 11.6 Å². The Hall–Kier alpha value is -3.28. The zero-order chi connectivity index (χ0) is 21.8. The molecule has 1 fully saturated rings. The molecule has 1 saturated heterocycles. The molecule has 1 amide bonds. The third-order valence-electron chi connectivity index (χ3n) is 6.57. The maximum absolute atomic E-state index is 13.3. The number of benzene rings is 1. The summed E-state index contributed by atoms with van der Waals surface area (Å²) in [7, 11) is 0. The van der Waals surface area contributed by atoms with Gasteiger partial charge in [0.05, 0.1) is 11.4 Å². The lowest BCUT2D eigenvalue weighted by atomic mass is 9.88. The number of amides is 1. The van der Waals surface area contributed by atoms with Crippen LogP contribution in [0.15, 0.2) is 54.9 Å². The minimum atomic E-state index is -0.299. The number of fused-ring (bicyclic) bond motifs is 4. The number of hydrogen-bond acceptors (Lipinski definition) is 4. The van der Waals surface area contributed by atoms with Crippen LogP contribution in [0.1, 0.15) is 41.9 Å². The van der Waals surface area contributed by atoms with E-state index >= 15 is 0 Å². The maximum Gasteiger partial charge on any atom is 0.254 e. The van der Waals surface area contributed by atoms with Crippen LogP contribution in [0.25, 0.3) is 5.82 Å². The van der Waals surface area contributed by atoms with E-state index in [-0.39, 0.29) is 17.2 Å². The molecular formula is C25H28N4O2. The van der Waals surface area contributed by atoms with E-state index in [0.29, 0.717) is 24.6 Å². The molecule has 2 aromatic heterocycles. The molecule has 0 saturated carbocycles. The summed E-state index contributed by atoms with van der Waals surface area (Å²) in [4.78, 5) is 22.4. The van der Waals surface area contributed by atoms with E-state index < -0.39 is 0 Å². The number of phenolic OH excluding ortho intramolecular Hbond substituents is 1. The SMILES string of the molecule is Cc1ccc(C(=O)N2CC[C@@]3(C2)c2cccn2-c2ncccc2N3CC(C)C)cc1O.